The molecule has 0 spiro atoms. The van der Waals surface area contributed by atoms with Crippen molar-refractivity contribution in [2.75, 3.05) is 41.7 Å². The summed E-state index contributed by atoms with van der Waals surface area (Å²) in [4.78, 5) is 29.3. The molecule has 0 saturated carbocycles. The molecule has 1 aliphatic rings. The number of carbonyl (C=O) groups is 2. The summed E-state index contributed by atoms with van der Waals surface area (Å²) < 4.78 is 1.86. The van der Waals surface area contributed by atoms with Crippen molar-refractivity contribution in [3.8, 4) is 5.69 Å². The first-order chi connectivity index (χ1) is 16.5. The highest BCUT2D eigenvalue weighted by molar-refractivity contribution is 8.00. The van der Waals surface area contributed by atoms with Crippen molar-refractivity contribution in [3.63, 3.8) is 0 Å². The Hall–Kier alpha value is -3.26. The molecule has 0 radical (unpaired) electrons. The van der Waals surface area contributed by atoms with Gasteiger partial charge >= 0.3 is 0 Å². The number of hydrogen-bond acceptors (Lipinski definition) is 5. The second-order valence-corrected chi connectivity index (χ2v) is 9.34. The largest absolute Gasteiger partial charge is 0.372 e. The summed E-state index contributed by atoms with van der Waals surface area (Å²) in [5.41, 5.74) is 4.84. The number of hydrogen-bond donors (Lipinski definition) is 1. The maximum Gasteiger partial charge on any atom is 0.240 e. The van der Waals surface area contributed by atoms with Crippen molar-refractivity contribution in [2.24, 2.45) is 0 Å². The molecule has 1 aliphatic heterocycles. The number of aryl methyl sites for hydroxylation is 2. The Morgan fingerprint density at radius 3 is 2.68 bits per heavy atom. The predicted octanol–water partition coefficient (Wildman–Crippen LogP) is 3.96. The van der Waals surface area contributed by atoms with E-state index in [1.54, 1.807) is 4.90 Å². The fourth-order valence-electron chi connectivity index (χ4n) is 4.17. The van der Waals surface area contributed by atoms with Crippen LogP contribution >= 0.6 is 11.8 Å². The van der Waals surface area contributed by atoms with Gasteiger partial charge in [-0.05, 0) is 57.0 Å². The highest BCUT2D eigenvalue weighted by atomic mass is 32.2. The summed E-state index contributed by atoms with van der Waals surface area (Å²) in [6.45, 7) is 8.44. The van der Waals surface area contributed by atoms with Crippen LogP contribution in [0.5, 0.6) is 0 Å². The summed E-state index contributed by atoms with van der Waals surface area (Å²) in [6, 6.07) is 18.3. The second kappa shape index (κ2) is 10.8. The van der Waals surface area contributed by atoms with E-state index in [1.807, 2.05) is 41.9 Å². The topological polar surface area (TPSA) is 70.5 Å². The SMILES string of the molecule is CCN(CCCNC(=O)CN1C(=O)CSc2c1c(C)nn2-c1ccccc1)c1cccc(C)c1. The minimum absolute atomic E-state index is 0.00306. The molecular formula is C26H31N5O2S. The third-order valence-electron chi connectivity index (χ3n) is 5.87. The van der Waals surface area contributed by atoms with E-state index >= 15 is 0 Å². The Morgan fingerprint density at radius 1 is 1.15 bits per heavy atom. The van der Waals surface area contributed by atoms with E-state index in [1.165, 1.54) is 23.0 Å². The summed E-state index contributed by atoms with van der Waals surface area (Å²) in [7, 11) is 0. The van der Waals surface area contributed by atoms with Crippen LogP contribution in [0.15, 0.2) is 59.6 Å². The Labute approximate surface area is 205 Å². The Balaban J connectivity index is 1.36. The van der Waals surface area contributed by atoms with E-state index in [0.29, 0.717) is 12.3 Å². The smallest absolute Gasteiger partial charge is 0.240 e. The minimum atomic E-state index is -0.156. The van der Waals surface area contributed by atoms with Crippen LogP contribution in [0.4, 0.5) is 11.4 Å². The molecule has 0 atom stereocenters. The molecule has 178 valence electrons. The van der Waals surface area contributed by atoms with Crippen molar-refractivity contribution in [3.05, 3.63) is 65.9 Å². The van der Waals surface area contributed by atoms with Crippen molar-refractivity contribution in [2.45, 2.75) is 32.2 Å². The summed E-state index contributed by atoms with van der Waals surface area (Å²) in [6.07, 6.45) is 0.827. The lowest BCUT2D eigenvalue weighted by molar-refractivity contribution is -0.123. The van der Waals surface area contributed by atoms with Crippen LogP contribution in [0.25, 0.3) is 5.69 Å². The first kappa shape index (κ1) is 23.9. The van der Waals surface area contributed by atoms with Gasteiger partial charge in [-0.3, -0.25) is 14.5 Å². The fourth-order valence-corrected chi connectivity index (χ4v) is 5.25. The van der Waals surface area contributed by atoms with Gasteiger partial charge in [0.1, 0.15) is 11.6 Å². The van der Waals surface area contributed by atoms with Crippen LogP contribution in [-0.4, -0.2) is 53.5 Å². The van der Waals surface area contributed by atoms with Gasteiger partial charge in [0.05, 0.1) is 22.8 Å². The number of aromatic nitrogens is 2. The zero-order chi connectivity index (χ0) is 24.1. The lowest BCUT2D eigenvalue weighted by Gasteiger charge is -2.27. The molecule has 1 aromatic heterocycles. The van der Waals surface area contributed by atoms with Crippen LogP contribution in [-0.2, 0) is 9.59 Å². The van der Waals surface area contributed by atoms with Crippen LogP contribution in [0.1, 0.15) is 24.6 Å². The van der Waals surface area contributed by atoms with Crippen LogP contribution in [0.2, 0.25) is 0 Å². The first-order valence-electron chi connectivity index (χ1n) is 11.6. The Morgan fingerprint density at radius 2 is 1.94 bits per heavy atom. The Kier molecular flexibility index (Phi) is 7.57. The number of rotatable bonds is 9. The quantitative estimate of drug-likeness (QED) is 0.473. The molecule has 0 fully saturated rings. The number of para-hydroxylation sites is 1. The first-order valence-corrected chi connectivity index (χ1v) is 12.6. The fraction of sp³-hybridized carbons (Fsp3) is 0.346. The third-order valence-corrected chi connectivity index (χ3v) is 6.90. The molecule has 7 nitrogen and oxygen atoms in total. The molecule has 2 aromatic carbocycles. The molecule has 0 saturated heterocycles. The van der Waals surface area contributed by atoms with Gasteiger partial charge < -0.3 is 10.2 Å². The van der Waals surface area contributed by atoms with E-state index in [4.69, 9.17) is 0 Å². The van der Waals surface area contributed by atoms with E-state index in [2.05, 4.69) is 53.4 Å². The van der Waals surface area contributed by atoms with Crippen molar-refractivity contribution >= 4 is 35.0 Å². The lowest BCUT2D eigenvalue weighted by atomic mass is 10.2. The normalized spacial score (nSPS) is 13.0. The molecule has 8 heteroatoms. The van der Waals surface area contributed by atoms with Gasteiger partial charge in [0.15, 0.2) is 0 Å². The molecule has 2 amide bonds. The molecule has 0 bridgehead atoms. The number of amides is 2. The van der Waals surface area contributed by atoms with Crippen molar-refractivity contribution in [1.82, 2.24) is 15.1 Å². The minimum Gasteiger partial charge on any atom is -0.372 e. The summed E-state index contributed by atoms with van der Waals surface area (Å²) >= 11 is 1.47. The second-order valence-electron chi connectivity index (χ2n) is 8.38. The van der Waals surface area contributed by atoms with Crippen molar-refractivity contribution < 1.29 is 9.59 Å². The standard InChI is InChI=1S/C26H31N5O2S/c1-4-29(22-13-8-10-19(2)16-22)15-9-14-27-23(32)17-30-24(33)18-34-26-25(30)20(3)28-31(26)21-11-6-5-7-12-21/h5-8,10-13,16H,4,9,14-15,17-18H2,1-3H3,(H,27,32). The number of carbonyl (C=O) groups excluding carboxylic acids is 2. The van der Waals surface area contributed by atoms with Crippen LogP contribution in [0, 0.1) is 13.8 Å². The van der Waals surface area contributed by atoms with E-state index in [9.17, 15) is 9.59 Å². The molecular weight excluding hydrogens is 446 g/mol. The molecule has 2 heterocycles. The number of anilines is 2. The van der Waals surface area contributed by atoms with Gasteiger partial charge in [-0.2, -0.15) is 5.10 Å². The van der Waals surface area contributed by atoms with Gasteiger partial charge in [-0.25, -0.2) is 4.68 Å². The number of thioether (sulfide) groups is 1. The molecule has 0 aliphatic carbocycles. The Bertz CT molecular complexity index is 1160. The molecule has 34 heavy (non-hydrogen) atoms. The average molecular weight is 478 g/mol. The van der Waals surface area contributed by atoms with E-state index in [0.717, 1.165) is 41.6 Å². The molecule has 1 N–H and O–H groups in total. The highest BCUT2D eigenvalue weighted by Gasteiger charge is 2.32. The van der Waals surface area contributed by atoms with Gasteiger partial charge in [0, 0.05) is 25.3 Å². The molecule has 3 aromatic rings. The number of fused-ring (bicyclic) bond motifs is 1. The van der Waals surface area contributed by atoms with Crippen LogP contribution in [0.3, 0.4) is 0 Å². The summed E-state index contributed by atoms with van der Waals surface area (Å²) in [5.74, 6) is 0.0665. The maximum atomic E-state index is 12.7. The molecule has 0 unspecified atom stereocenters. The summed E-state index contributed by atoms with van der Waals surface area (Å²) in [5, 5.41) is 8.54. The predicted molar refractivity (Wildman–Crippen MR) is 138 cm³/mol. The number of benzene rings is 2. The van der Waals surface area contributed by atoms with Crippen LogP contribution < -0.4 is 15.1 Å². The molecule has 4 rings (SSSR count). The van der Waals surface area contributed by atoms with E-state index < -0.39 is 0 Å². The van der Waals surface area contributed by atoms with Gasteiger partial charge in [-0.1, -0.05) is 42.1 Å². The maximum absolute atomic E-state index is 12.7. The van der Waals surface area contributed by atoms with Gasteiger partial charge in [-0.15, -0.1) is 0 Å². The zero-order valence-corrected chi connectivity index (χ0v) is 20.8. The van der Waals surface area contributed by atoms with Gasteiger partial charge in [0.2, 0.25) is 11.8 Å². The van der Waals surface area contributed by atoms with Crippen molar-refractivity contribution in [1.29, 1.82) is 0 Å². The average Bonchev–Trinajstić information content (AvgIpc) is 3.18. The third kappa shape index (κ3) is 5.28. The number of nitrogens with one attached hydrogen (secondary N) is 1. The number of nitrogens with zero attached hydrogens (tertiary/aromatic N) is 4. The van der Waals surface area contributed by atoms with Gasteiger partial charge in [0.25, 0.3) is 0 Å². The zero-order valence-electron chi connectivity index (χ0n) is 20.0. The lowest BCUT2D eigenvalue weighted by Crippen LogP contribution is -2.44. The van der Waals surface area contributed by atoms with E-state index in [-0.39, 0.29) is 18.4 Å². The highest BCUT2D eigenvalue weighted by Crippen LogP contribution is 2.39. The monoisotopic (exact) mass is 477 g/mol.